The summed E-state index contributed by atoms with van der Waals surface area (Å²) in [5, 5.41) is 41.3. The van der Waals surface area contributed by atoms with Gasteiger partial charge in [-0.05, 0) is 242 Å². The van der Waals surface area contributed by atoms with Crippen molar-refractivity contribution in [1.82, 2.24) is 19.9 Å². The molecule has 0 atom stereocenters. The van der Waals surface area contributed by atoms with E-state index in [4.69, 9.17) is 19.9 Å². The minimum Gasteiger partial charge on any atom is -0.255 e. The average Bonchev–Trinajstić information content (AvgIpc) is 1.18. The molecule has 1 aliphatic carbocycles. The van der Waals surface area contributed by atoms with Crippen molar-refractivity contribution in [2.45, 2.75) is 0 Å². The van der Waals surface area contributed by atoms with Crippen molar-refractivity contribution in [3.63, 3.8) is 0 Å². The summed E-state index contributed by atoms with van der Waals surface area (Å²) in [7, 11) is 0. The standard InChI is InChI=1S/C35H21NS.2C31H17NS.C29H17NS/c1-2-10-22(11-3-1)32-26-15-6-7-16-27(26)33(30-21-24-13-5-4-12-23(24)20-29(30)32)34-35-28(18-19-36-34)25-14-8-9-17-31(25)37-35;1-2-13-27-19(8-1)26-16-17-32-30(31(26)33-27)25-15-14-24-21-10-4-7-18-6-3-9-20(28(18)21)22-11-5-12-23(25)29(22)24;1-2-7-19-17-27-23-12-13-24(21-9-5-10-22(29(21)23)26(27)16-18(19)6-1)30-31-25(14-15-32-30)20-8-3-4-11-28(20)33-31;1-2-8-19-18(7-1)13-14-22-20-9-3-4-10-21(20)26(17-25(19)22)28-29-24(15-16-30-28)23-11-5-6-12-27(23)31-29/h1-21H;2*1-17H;1-17H. The molecule has 31 rings (SSSR count). The third kappa shape index (κ3) is 11.9. The summed E-state index contributed by atoms with van der Waals surface area (Å²) in [6, 6.07) is 150. The Balaban J connectivity index is 0.0000000891. The van der Waals surface area contributed by atoms with Gasteiger partial charge in [-0.3, -0.25) is 19.9 Å². The number of pyridine rings is 4. The summed E-state index contributed by atoms with van der Waals surface area (Å²) in [4.78, 5) is 19.8. The lowest BCUT2D eigenvalue weighted by molar-refractivity contribution is 1.37. The fourth-order valence-electron chi connectivity index (χ4n) is 22.1. The van der Waals surface area contributed by atoms with E-state index in [1.165, 1.54) is 266 Å². The zero-order valence-corrected chi connectivity index (χ0v) is 75.3. The number of nitrogens with zero attached hydrogens (tertiary/aromatic N) is 4. The van der Waals surface area contributed by atoms with Gasteiger partial charge in [-0.1, -0.05) is 334 Å². The summed E-state index contributed by atoms with van der Waals surface area (Å²) >= 11 is 7.36. The lowest BCUT2D eigenvalue weighted by atomic mass is 9.86. The molecular formula is C126H72N4S4. The van der Waals surface area contributed by atoms with Crippen molar-refractivity contribution in [3.8, 4) is 78.4 Å². The summed E-state index contributed by atoms with van der Waals surface area (Å²) in [5.74, 6) is 0. The Labute approximate surface area is 784 Å². The minimum atomic E-state index is 1.06. The van der Waals surface area contributed by atoms with Gasteiger partial charge in [0.2, 0.25) is 0 Å². The molecule has 8 aromatic heterocycles. The van der Waals surface area contributed by atoms with Crippen LogP contribution in [0.2, 0.25) is 0 Å². The SMILES string of the molecule is c1ccc(-c2c3ccccc3c(-c3nccc4c3sc3ccccc34)c3cc4ccccc4cc23)cc1.c1ccc2c(c1)ccc1c3ccccc3c(-c3nccc4c3sc3ccccc34)cc21.c1ccc2c(c1)sc1c(-c3ccc4c5cccc6cccc(c7cccc3c74)c65)nccc12.c1ccc2cc3c(cc2c1)-c1cccc2c(-c4nccc5c4sc4ccccc45)ccc-3c12. The third-order valence-electron chi connectivity index (χ3n) is 27.9. The Bertz CT molecular complexity index is 10100. The van der Waals surface area contributed by atoms with E-state index in [-0.39, 0.29) is 0 Å². The Morgan fingerprint density at radius 2 is 0.478 bits per heavy atom. The normalized spacial score (nSPS) is 12.0. The Hall–Kier alpha value is -16.3. The summed E-state index contributed by atoms with van der Waals surface area (Å²) in [5.41, 5.74) is 17.0. The minimum absolute atomic E-state index is 1.06. The first-order valence-corrected chi connectivity index (χ1v) is 48.8. The quantitative estimate of drug-likeness (QED) is 0.127. The molecule has 0 bridgehead atoms. The molecule has 4 nitrogen and oxygen atoms in total. The van der Waals surface area contributed by atoms with Crippen LogP contribution in [0.3, 0.4) is 0 Å². The van der Waals surface area contributed by atoms with Crippen molar-refractivity contribution in [1.29, 1.82) is 0 Å². The lowest BCUT2D eigenvalue weighted by Gasteiger charge is -2.18. The Morgan fingerprint density at radius 1 is 0.142 bits per heavy atom. The summed E-state index contributed by atoms with van der Waals surface area (Å²) < 4.78 is 10.3. The number of fused-ring (bicyclic) bond motifs is 26. The number of rotatable bonds is 5. The van der Waals surface area contributed by atoms with Gasteiger partial charge in [0.25, 0.3) is 0 Å². The van der Waals surface area contributed by atoms with E-state index >= 15 is 0 Å². The molecule has 620 valence electrons. The van der Waals surface area contributed by atoms with Crippen LogP contribution in [0.5, 0.6) is 0 Å². The van der Waals surface area contributed by atoms with Gasteiger partial charge in [0.1, 0.15) is 0 Å². The van der Waals surface area contributed by atoms with E-state index in [1.807, 2.05) is 70.1 Å². The van der Waals surface area contributed by atoms with Crippen LogP contribution >= 0.6 is 45.3 Å². The molecule has 22 aromatic carbocycles. The third-order valence-corrected chi connectivity index (χ3v) is 32.7. The second-order valence-corrected chi connectivity index (χ2v) is 39.2. The second-order valence-electron chi connectivity index (χ2n) is 35.0. The highest BCUT2D eigenvalue weighted by atomic mass is 32.1. The van der Waals surface area contributed by atoms with Gasteiger partial charge >= 0.3 is 0 Å². The topological polar surface area (TPSA) is 51.6 Å². The fourth-order valence-corrected chi connectivity index (χ4v) is 26.9. The van der Waals surface area contributed by atoms with Crippen molar-refractivity contribution >= 4 is 255 Å². The van der Waals surface area contributed by atoms with Gasteiger partial charge in [-0.2, -0.15) is 0 Å². The molecular weight excluding hydrogens is 1700 g/mol. The fraction of sp³-hybridized carbons (Fsp3) is 0. The van der Waals surface area contributed by atoms with E-state index in [2.05, 4.69) is 413 Å². The van der Waals surface area contributed by atoms with Crippen molar-refractivity contribution in [2.75, 3.05) is 0 Å². The van der Waals surface area contributed by atoms with Crippen LogP contribution in [-0.2, 0) is 0 Å². The molecule has 0 spiro atoms. The van der Waals surface area contributed by atoms with Crippen molar-refractivity contribution in [2.24, 2.45) is 0 Å². The van der Waals surface area contributed by atoms with Gasteiger partial charge in [0.15, 0.2) is 0 Å². The molecule has 30 aromatic rings. The lowest BCUT2D eigenvalue weighted by Crippen LogP contribution is -1.93. The van der Waals surface area contributed by atoms with Crippen LogP contribution in [0.15, 0.2) is 437 Å². The average molecular weight is 1770 g/mol. The highest BCUT2D eigenvalue weighted by Crippen LogP contribution is 2.55. The monoisotopic (exact) mass is 1770 g/mol. The number of hydrogen-bond acceptors (Lipinski definition) is 8. The Kier molecular flexibility index (Phi) is 17.5. The summed E-state index contributed by atoms with van der Waals surface area (Å²) in [6.07, 6.45) is 7.85. The highest BCUT2D eigenvalue weighted by molar-refractivity contribution is 7.27. The maximum Gasteiger partial charge on any atom is 0.0892 e. The number of hydrogen-bond donors (Lipinski definition) is 0. The van der Waals surface area contributed by atoms with E-state index in [1.54, 1.807) is 0 Å². The maximum absolute atomic E-state index is 5.07. The largest absolute Gasteiger partial charge is 0.255 e. The molecule has 0 saturated heterocycles. The zero-order valence-electron chi connectivity index (χ0n) is 72.0. The van der Waals surface area contributed by atoms with Crippen LogP contribution in [0.1, 0.15) is 0 Å². The van der Waals surface area contributed by atoms with E-state index in [0.717, 1.165) is 22.8 Å². The van der Waals surface area contributed by atoms with Crippen molar-refractivity contribution < 1.29 is 0 Å². The maximum atomic E-state index is 5.07. The summed E-state index contributed by atoms with van der Waals surface area (Å²) in [6.45, 7) is 0. The van der Waals surface area contributed by atoms with E-state index < -0.39 is 0 Å². The van der Waals surface area contributed by atoms with Crippen LogP contribution in [-0.4, -0.2) is 19.9 Å². The smallest absolute Gasteiger partial charge is 0.0892 e. The van der Waals surface area contributed by atoms with Crippen LogP contribution in [0.25, 0.3) is 288 Å². The zero-order chi connectivity index (χ0) is 87.7. The van der Waals surface area contributed by atoms with Crippen LogP contribution in [0, 0.1) is 0 Å². The Morgan fingerprint density at radius 3 is 1.01 bits per heavy atom. The molecule has 0 fully saturated rings. The van der Waals surface area contributed by atoms with Gasteiger partial charge in [0.05, 0.1) is 41.6 Å². The predicted molar refractivity (Wildman–Crippen MR) is 581 cm³/mol. The molecule has 0 amide bonds. The molecule has 8 heterocycles. The van der Waals surface area contributed by atoms with E-state index in [9.17, 15) is 0 Å². The first-order chi connectivity index (χ1) is 66.5. The molecule has 0 unspecified atom stereocenters. The number of thiophene rings is 4. The first kappa shape index (κ1) is 76.6. The van der Waals surface area contributed by atoms with Crippen LogP contribution in [0.4, 0.5) is 0 Å². The number of aromatic nitrogens is 4. The molecule has 0 radical (unpaired) electrons. The molecule has 134 heavy (non-hydrogen) atoms. The first-order valence-electron chi connectivity index (χ1n) is 45.5. The van der Waals surface area contributed by atoms with Crippen molar-refractivity contribution in [3.05, 3.63) is 437 Å². The molecule has 8 heteroatoms. The van der Waals surface area contributed by atoms with Crippen LogP contribution < -0.4 is 0 Å². The van der Waals surface area contributed by atoms with Gasteiger partial charge in [0, 0.05) is 109 Å². The number of benzene rings is 22. The highest BCUT2D eigenvalue weighted by Gasteiger charge is 2.28. The van der Waals surface area contributed by atoms with E-state index in [0.29, 0.717) is 0 Å². The molecule has 0 N–H and O–H groups in total. The molecule has 0 saturated carbocycles. The van der Waals surface area contributed by atoms with Gasteiger partial charge < -0.3 is 0 Å². The molecule has 1 aliphatic rings. The second kappa shape index (κ2) is 30.7. The molecule has 0 aliphatic heterocycles. The predicted octanol–water partition coefficient (Wildman–Crippen LogP) is 37.1. The van der Waals surface area contributed by atoms with Gasteiger partial charge in [-0.25, -0.2) is 0 Å². The van der Waals surface area contributed by atoms with Gasteiger partial charge in [-0.15, -0.1) is 45.3 Å².